The summed E-state index contributed by atoms with van der Waals surface area (Å²) >= 11 is 0. The van der Waals surface area contributed by atoms with Crippen LogP contribution < -0.4 is 15.4 Å². The average Bonchev–Trinajstić information content (AvgIpc) is 2.73. The molecule has 29 heavy (non-hydrogen) atoms. The Morgan fingerprint density at radius 2 is 1.83 bits per heavy atom. The van der Waals surface area contributed by atoms with Crippen LogP contribution in [0.1, 0.15) is 17.2 Å². The van der Waals surface area contributed by atoms with Crippen molar-refractivity contribution in [3.8, 4) is 5.75 Å². The van der Waals surface area contributed by atoms with Gasteiger partial charge >= 0.3 is 12.0 Å². The number of nitrogens with one attached hydrogen (secondary N) is 2. The number of ether oxygens (including phenoxy) is 2. The van der Waals surface area contributed by atoms with Gasteiger partial charge in [0.1, 0.15) is 5.75 Å². The minimum Gasteiger partial charge on any atom is -0.497 e. The molecule has 0 fully saturated rings. The molecule has 1 heterocycles. The van der Waals surface area contributed by atoms with Gasteiger partial charge in [0.2, 0.25) is 0 Å². The lowest BCUT2D eigenvalue weighted by Crippen LogP contribution is -2.48. The topological polar surface area (TPSA) is 79.9 Å². The van der Waals surface area contributed by atoms with Crippen LogP contribution in [0.15, 0.2) is 65.9 Å². The summed E-state index contributed by atoms with van der Waals surface area (Å²) in [7, 11) is 4.84. The standard InChI is InChI=1S/C22H25N3O4/c1-25(13-15-8-5-4-6-9-15)14-18-19(21(26)29-3)20(24-22(27)23-18)16-10-7-11-17(12-16)28-2/h4-12,20H,13-14H2,1-3H3,(H2,23,24,27)/t20-/m0/s1. The third kappa shape index (κ3) is 4.94. The van der Waals surface area contributed by atoms with Gasteiger partial charge in [0, 0.05) is 18.8 Å². The van der Waals surface area contributed by atoms with Crippen LogP contribution in [0.4, 0.5) is 4.79 Å². The molecule has 7 heteroatoms. The first-order valence-corrected chi connectivity index (χ1v) is 9.27. The number of rotatable bonds is 7. The second-order valence-electron chi connectivity index (χ2n) is 6.85. The van der Waals surface area contributed by atoms with Gasteiger partial charge in [0.15, 0.2) is 0 Å². The Labute approximate surface area is 170 Å². The molecule has 0 spiro atoms. The summed E-state index contributed by atoms with van der Waals surface area (Å²) in [6.07, 6.45) is 0. The lowest BCUT2D eigenvalue weighted by molar-refractivity contribution is -0.136. The van der Waals surface area contributed by atoms with E-state index in [-0.39, 0.29) is 6.03 Å². The molecule has 1 aliphatic rings. The van der Waals surface area contributed by atoms with E-state index in [0.29, 0.717) is 30.1 Å². The maximum atomic E-state index is 12.6. The van der Waals surface area contributed by atoms with E-state index in [2.05, 4.69) is 10.6 Å². The summed E-state index contributed by atoms with van der Waals surface area (Å²) in [5, 5.41) is 5.60. The zero-order valence-corrected chi connectivity index (χ0v) is 16.8. The first kappa shape index (κ1) is 20.4. The highest BCUT2D eigenvalue weighted by atomic mass is 16.5. The fourth-order valence-corrected chi connectivity index (χ4v) is 3.39. The Hall–Kier alpha value is -3.32. The highest BCUT2D eigenvalue weighted by Gasteiger charge is 2.34. The predicted molar refractivity (Wildman–Crippen MR) is 109 cm³/mol. The van der Waals surface area contributed by atoms with E-state index >= 15 is 0 Å². The molecular formula is C22H25N3O4. The molecule has 2 aromatic carbocycles. The maximum Gasteiger partial charge on any atom is 0.338 e. The van der Waals surface area contributed by atoms with Gasteiger partial charge in [-0.05, 0) is 30.3 Å². The second kappa shape index (κ2) is 9.25. The fraction of sp³-hybridized carbons (Fsp3) is 0.273. The smallest absolute Gasteiger partial charge is 0.338 e. The van der Waals surface area contributed by atoms with Crippen LogP contribution >= 0.6 is 0 Å². The van der Waals surface area contributed by atoms with Gasteiger partial charge in [-0.3, -0.25) is 4.90 Å². The summed E-state index contributed by atoms with van der Waals surface area (Å²) in [6, 6.07) is 16.3. The summed E-state index contributed by atoms with van der Waals surface area (Å²) in [5.74, 6) is 0.149. The van der Waals surface area contributed by atoms with Gasteiger partial charge in [-0.1, -0.05) is 42.5 Å². The molecule has 3 rings (SSSR count). The quantitative estimate of drug-likeness (QED) is 0.705. The summed E-state index contributed by atoms with van der Waals surface area (Å²) < 4.78 is 10.3. The molecule has 7 nitrogen and oxygen atoms in total. The molecule has 2 N–H and O–H groups in total. The highest BCUT2D eigenvalue weighted by molar-refractivity contribution is 5.95. The van der Waals surface area contributed by atoms with E-state index in [9.17, 15) is 9.59 Å². The van der Waals surface area contributed by atoms with Gasteiger partial charge in [-0.15, -0.1) is 0 Å². The Kier molecular flexibility index (Phi) is 6.51. The van der Waals surface area contributed by atoms with Crippen LogP contribution in [0.5, 0.6) is 5.75 Å². The number of carbonyl (C=O) groups excluding carboxylic acids is 2. The highest BCUT2D eigenvalue weighted by Crippen LogP contribution is 2.30. The van der Waals surface area contributed by atoms with Gasteiger partial charge < -0.3 is 20.1 Å². The zero-order valence-electron chi connectivity index (χ0n) is 16.8. The normalized spacial score (nSPS) is 16.3. The molecule has 0 saturated carbocycles. The predicted octanol–water partition coefficient (Wildman–Crippen LogP) is 2.61. The monoisotopic (exact) mass is 395 g/mol. The molecule has 0 unspecified atom stereocenters. The number of hydrogen-bond acceptors (Lipinski definition) is 5. The van der Waals surface area contributed by atoms with E-state index in [1.807, 2.05) is 60.5 Å². The third-order valence-corrected chi connectivity index (χ3v) is 4.71. The minimum atomic E-state index is -0.633. The SMILES string of the molecule is COC(=O)C1=C(CN(C)Cc2ccccc2)NC(=O)N[C@H]1c1cccc(OC)c1. The third-order valence-electron chi connectivity index (χ3n) is 4.71. The Morgan fingerprint density at radius 1 is 1.07 bits per heavy atom. The van der Waals surface area contributed by atoms with Crippen molar-refractivity contribution >= 4 is 12.0 Å². The Bertz CT molecular complexity index is 911. The van der Waals surface area contributed by atoms with Crippen molar-refractivity contribution < 1.29 is 19.1 Å². The number of hydrogen-bond donors (Lipinski definition) is 2. The maximum absolute atomic E-state index is 12.6. The molecule has 0 saturated heterocycles. The largest absolute Gasteiger partial charge is 0.497 e. The molecule has 152 valence electrons. The fourth-order valence-electron chi connectivity index (χ4n) is 3.39. The summed E-state index contributed by atoms with van der Waals surface area (Å²) in [4.78, 5) is 27.0. The summed E-state index contributed by atoms with van der Waals surface area (Å²) in [5.41, 5.74) is 2.77. The first-order chi connectivity index (χ1) is 14.0. The molecule has 0 bridgehead atoms. The number of methoxy groups -OCH3 is 2. The molecule has 1 aliphatic heterocycles. The number of amides is 2. The second-order valence-corrected chi connectivity index (χ2v) is 6.85. The van der Waals surface area contributed by atoms with Crippen LogP contribution in [0, 0.1) is 0 Å². The lowest BCUT2D eigenvalue weighted by atomic mass is 9.94. The van der Waals surface area contributed by atoms with Crippen LogP contribution in [0.2, 0.25) is 0 Å². The average molecular weight is 395 g/mol. The summed E-state index contributed by atoms with van der Waals surface area (Å²) in [6.45, 7) is 1.05. The Morgan fingerprint density at radius 3 is 2.52 bits per heavy atom. The first-order valence-electron chi connectivity index (χ1n) is 9.27. The van der Waals surface area contributed by atoms with Crippen LogP contribution in [-0.2, 0) is 16.1 Å². The van der Waals surface area contributed by atoms with Crippen molar-refractivity contribution in [2.24, 2.45) is 0 Å². The van der Waals surface area contributed by atoms with Crippen LogP contribution in [0.3, 0.4) is 0 Å². The van der Waals surface area contributed by atoms with E-state index < -0.39 is 12.0 Å². The number of esters is 1. The molecule has 1 atom stereocenters. The zero-order chi connectivity index (χ0) is 20.8. The van der Waals surface area contributed by atoms with Gasteiger partial charge in [0.25, 0.3) is 0 Å². The van der Waals surface area contributed by atoms with E-state index in [0.717, 1.165) is 11.1 Å². The van der Waals surface area contributed by atoms with E-state index in [4.69, 9.17) is 9.47 Å². The van der Waals surface area contributed by atoms with Crippen molar-refractivity contribution in [3.05, 3.63) is 77.0 Å². The molecule has 0 radical (unpaired) electrons. The minimum absolute atomic E-state index is 0.367. The van der Waals surface area contributed by atoms with Crippen molar-refractivity contribution in [1.29, 1.82) is 0 Å². The number of nitrogens with zero attached hydrogens (tertiary/aromatic N) is 1. The number of urea groups is 1. The van der Waals surface area contributed by atoms with Crippen LogP contribution in [-0.4, -0.2) is 44.7 Å². The number of benzene rings is 2. The Balaban J connectivity index is 1.94. The van der Waals surface area contributed by atoms with Crippen molar-refractivity contribution in [1.82, 2.24) is 15.5 Å². The molecule has 0 aliphatic carbocycles. The van der Waals surface area contributed by atoms with Crippen molar-refractivity contribution in [2.45, 2.75) is 12.6 Å². The van der Waals surface area contributed by atoms with E-state index in [1.165, 1.54) is 7.11 Å². The molecule has 0 aromatic heterocycles. The van der Waals surface area contributed by atoms with Gasteiger partial charge in [-0.2, -0.15) is 0 Å². The van der Waals surface area contributed by atoms with Gasteiger partial charge in [-0.25, -0.2) is 9.59 Å². The van der Waals surface area contributed by atoms with Crippen molar-refractivity contribution in [2.75, 3.05) is 27.8 Å². The molecule has 2 aromatic rings. The van der Waals surface area contributed by atoms with Crippen LogP contribution in [0.25, 0.3) is 0 Å². The van der Waals surface area contributed by atoms with Crippen molar-refractivity contribution in [3.63, 3.8) is 0 Å². The lowest BCUT2D eigenvalue weighted by Gasteiger charge is -2.31. The molecule has 2 amide bonds. The van der Waals surface area contributed by atoms with Gasteiger partial charge in [0.05, 0.1) is 25.8 Å². The number of carbonyl (C=O) groups is 2. The number of likely N-dealkylation sites (N-methyl/N-ethyl adjacent to an activating group) is 1. The molecular weight excluding hydrogens is 370 g/mol. The van der Waals surface area contributed by atoms with E-state index in [1.54, 1.807) is 13.2 Å².